The Bertz CT molecular complexity index is 1040. The van der Waals surface area contributed by atoms with Gasteiger partial charge in [-0.25, -0.2) is 20.8 Å². The Morgan fingerprint density at radius 2 is 2.27 bits per heavy atom. The van der Waals surface area contributed by atoms with Crippen molar-refractivity contribution in [1.82, 2.24) is 19.5 Å². The van der Waals surface area contributed by atoms with Gasteiger partial charge in [-0.1, -0.05) is 0 Å². The van der Waals surface area contributed by atoms with Crippen LogP contribution in [0.3, 0.4) is 0 Å². The summed E-state index contributed by atoms with van der Waals surface area (Å²) < 4.78 is 3.24. The van der Waals surface area contributed by atoms with Crippen molar-refractivity contribution in [2.75, 3.05) is 12.4 Å². The zero-order chi connectivity index (χ0) is 18.1. The molecule has 26 heavy (non-hydrogen) atoms. The number of anilines is 1. The van der Waals surface area contributed by atoms with Gasteiger partial charge in [0.05, 0.1) is 27.1 Å². The molecule has 1 aliphatic heterocycles. The Morgan fingerprint density at radius 3 is 3.12 bits per heavy atom. The normalized spacial score (nSPS) is 13.7. The molecule has 0 fully saturated rings. The minimum absolute atomic E-state index is 0.699. The Kier molecular flexibility index (Phi) is 4.27. The molecular formula is C18H19N7S. The van der Waals surface area contributed by atoms with Crippen molar-refractivity contribution in [3.8, 4) is 0 Å². The topological polar surface area (TPSA) is 84.4 Å². The maximum absolute atomic E-state index is 5.66. The summed E-state index contributed by atoms with van der Waals surface area (Å²) in [6.45, 7) is 2.72. The number of amidine groups is 1. The molecule has 0 radical (unpaired) electrons. The molecule has 0 spiro atoms. The number of nitrogens with one attached hydrogen (secondary N) is 1. The molecule has 3 heterocycles. The number of hydrogen-bond donors (Lipinski definition) is 2. The molecule has 3 N–H and O–H groups in total. The SMILES string of the molecule is Cc1nc2ccc(NC3=NC=CCn4c(/C=C/N(C)N)cnc43)cc2s1. The highest BCUT2D eigenvalue weighted by molar-refractivity contribution is 7.18. The first-order valence-electron chi connectivity index (χ1n) is 8.19. The number of thiazole rings is 1. The third kappa shape index (κ3) is 3.24. The smallest absolute Gasteiger partial charge is 0.177 e. The number of fused-ring (bicyclic) bond motifs is 2. The molecule has 0 atom stereocenters. The second-order valence-electron chi connectivity index (χ2n) is 6.00. The maximum Gasteiger partial charge on any atom is 0.177 e. The first-order chi connectivity index (χ1) is 12.6. The third-order valence-corrected chi connectivity index (χ3v) is 4.87. The maximum atomic E-state index is 5.66. The van der Waals surface area contributed by atoms with Crippen molar-refractivity contribution in [3.63, 3.8) is 0 Å². The Labute approximate surface area is 155 Å². The van der Waals surface area contributed by atoms with Gasteiger partial charge in [0.2, 0.25) is 0 Å². The lowest BCUT2D eigenvalue weighted by Crippen LogP contribution is -2.19. The molecule has 0 unspecified atom stereocenters. The van der Waals surface area contributed by atoms with Crippen LogP contribution in [0.1, 0.15) is 16.5 Å². The van der Waals surface area contributed by atoms with E-state index < -0.39 is 0 Å². The van der Waals surface area contributed by atoms with Gasteiger partial charge >= 0.3 is 0 Å². The van der Waals surface area contributed by atoms with Crippen LogP contribution in [0.15, 0.2) is 47.9 Å². The summed E-state index contributed by atoms with van der Waals surface area (Å²) in [4.78, 5) is 13.6. The summed E-state index contributed by atoms with van der Waals surface area (Å²) in [5, 5.41) is 5.96. The molecule has 4 rings (SSSR count). The summed E-state index contributed by atoms with van der Waals surface area (Å²) >= 11 is 1.68. The minimum Gasteiger partial charge on any atom is -0.337 e. The largest absolute Gasteiger partial charge is 0.337 e. The number of benzene rings is 1. The van der Waals surface area contributed by atoms with Gasteiger partial charge in [-0.15, -0.1) is 11.3 Å². The number of imidazole rings is 1. The Hall–Kier alpha value is -2.97. The fourth-order valence-corrected chi connectivity index (χ4v) is 3.64. The van der Waals surface area contributed by atoms with Gasteiger partial charge in [-0.05, 0) is 37.3 Å². The minimum atomic E-state index is 0.699. The summed E-state index contributed by atoms with van der Waals surface area (Å²) in [7, 11) is 1.78. The molecular weight excluding hydrogens is 346 g/mol. The van der Waals surface area contributed by atoms with E-state index in [4.69, 9.17) is 5.84 Å². The predicted molar refractivity (Wildman–Crippen MR) is 107 cm³/mol. The second-order valence-corrected chi connectivity index (χ2v) is 7.24. The van der Waals surface area contributed by atoms with E-state index in [1.807, 2.05) is 37.4 Å². The number of hydrogen-bond acceptors (Lipinski definition) is 7. The quantitative estimate of drug-likeness (QED) is 0.551. The highest BCUT2D eigenvalue weighted by Gasteiger charge is 2.16. The van der Waals surface area contributed by atoms with E-state index in [2.05, 4.69) is 30.9 Å². The molecule has 0 saturated carbocycles. The highest BCUT2D eigenvalue weighted by Crippen LogP contribution is 2.25. The number of aryl methyl sites for hydroxylation is 1. The lowest BCUT2D eigenvalue weighted by atomic mass is 10.3. The van der Waals surface area contributed by atoms with Crippen LogP contribution in [-0.4, -0.2) is 32.4 Å². The predicted octanol–water partition coefficient (Wildman–Crippen LogP) is 2.96. The molecule has 2 aromatic heterocycles. The summed E-state index contributed by atoms with van der Waals surface area (Å²) in [5.41, 5.74) is 2.94. The van der Waals surface area contributed by atoms with Crippen molar-refractivity contribution in [1.29, 1.82) is 0 Å². The van der Waals surface area contributed by atoms with Crippen LogP contribution < -0.4 is 11.2 Å². The van der Waals surface area contributed by atoms with Crippen LogP contribution in [0.5, 0.6) is 0 Å². The standard InChI is InChI=1S/C18H19N7S/c1-12-22-15-5-4-13(10-16(15)26-12)23-17-18-21-11-14(6-9-24(2)19)25(18)8-3-7-20-17/h3-7,9-11H,8,19H2,1-2H3,(H,20,23)/b9-6+. The molecule has 8 heteroatoms. The molecule has 1 aliphatic rings. The highest BCUT2D eigenvalue weighted by atomic mass is 32.1. The lowest BCUT2D eigenvalue weighted by Gasteiger charge is -2.11. The molecule has 3 aromatic rings. The number of aliphatic imine (C=N–C) groups is 1. The third-order valence-electron chi connectivity index (χ3n) is 3.93. The summed E-state index contributed by atoms with van der Waals surface area (Å²) in [5.74, 6) is 7.15. The molecule has 1 aromatic carbocycles. The van der Waals surface area contributed by atoms with E-state index in [0.29, 0.717) is 12.4 Å². The molecule has 0 saturated heterocycles. The summed E-state index contributed by atoms with van der Waals surface area (Å²) in [6, 6.07) is 6.12. The van der Waals surface area contributed by atoms with Crippen molar-refractivity contribution >= 4 is 39.2 Å². The van der Waals surface area contributed by atoms with Crippen LogP contribution in [0, 0.1) is 6.92 Å². The fraction of sp³-hybridized carbons (Fsp3) is 0.167. The van der Waals surface area contributed by atoms with E-state index in [1.54, 1.807) is 30.8 Å². The molecule has 0 bridgehead atoms. The van der Waals surface area contributed by atoms with Gasteiger partial charge in [0.25, 0.3) is 0 Å². The number of nitrogens with two attached hydrogens (primary N) is 1. The average molecular weight is 365 g/mol. The average Bonchev–Trinajstić information content (AvgIpc) is 3.11. The van der Waals surface area contributed by atoms with E-state index in [-0.39, 0.29) is 0 Å². The van der Waals surface area contributed by atoms with Crippen molar-refractivity contribution in [2.45, 2.75) is 13.5 Å². The number of allylic oxidation sites excluding steroid dienone is 1. The van der Waals surface area contributed by atoms with Gasteiger partial charge in [0, 0.05) is 31.7 Å². The second kappa shape index (κ2) is 6.74. The van der Waals surface area contributed by atoms with E-state index in [0.717, 1.165) is 32.4 Å². The lowest BCUT2D eigenvalue weighted by molar-refractivity contribution is 0.487. The van der Waals surface area contributed by atoms with Crippen LogP contribution in [0.2, 0.25) is 0 Å². The Balaban J connectivity index is 1.66. The molecule has 0 amide bonds. The number of rotatable bonds is 3. The monoisotopic (exact) mass is 365 g/mol. The van der Waals surface area contributed by atoms with Crippen LogP contribution in [0.25, 0.3) is 16.3 Å². The van der Waals surface area contributed by atoms with Gasteiger partial charge in [0.1, 0.15) is 0 Å². The summed E-state index contributed by atoms with van der Waals surface area (Å²) in [6.07, 6.45) is 9.35. The van der Waals surface area contributed by atoms with E-state index in [9.17, 15) is 0 Å². The fourth-order valence-electron chi connectivity index (χ4n) is 2.78. The van der Waals surface area contributed by atoms with Crippen LogP contribution in [-0.2, 0) is 6.54 Å². The van der Waals surface area contributed by atoms with E-state index in [1.165, 1.54) is 5.01 Å². The van der Waals surface area contributed by atoms with Crippen LogP contribution in [0.4, 0.5) is 5.69 Å². The van der Waals surface area contributed by atoms with Gasteiger partial charge in [-0.3, -0.25) is 0 Å². The first kappa shape index (κ1) is 16.5. The van der Waals surface area contributed by atoms with E-state index >= 15 is 0 Å². The molecule has 7 nitrogen and oxygen atoms in total. The first-order valence-corrected chi connectivity index (χ1v) is 9.00. The Morgan fingerprint density at radius 1 is 1.38 bits per heavy atom. The van der Waals surface area contributed by atoms with Crippen molar-refractivity contribution in [3.05, 3.63) is 59.4 Å². The number of aromatic nitrogens is 3. The zero-order valence-corrected chi connectivity index (χ0v) is 15.4. The van der Waals surface area contributed by atoms with Gasteiger partial charge in [-0.2, -0.15) is 0 Å². The van der Waals surface area contributed by atoms with Gasteiger partial charge < -0.3 is 14.9 Å². The number of hydrazine groups is 1. The molecule has 0 aliphatic carbocycles. The number of nitrogens with zero attached hydrogens (tertiary/aromatic N) is 5. The van der Waals surface area contributed by atoms with Crippen molar-refractivity contribution < 1.29 is 0 Å². The zero-order valence-electron chi connectivity index (χ0n) is 14.5. The molecule has 132 valence electrons. The van der Waals surface area contributed by atoms with Crippen molar-refractivity contribution in [2.24, 2.45) is 10.8 Å². The van der Waals surface area contributed by atoms with Crippen LogP contribution >= 0.6 is 11.3 Å². The van der Waals surface area contributed by atoms with Gasteiger partial charge in [0.15, 0.2) is 11.7 Å².